The third kappa shape index (κ3) is 5.40. The zero-order valence-electron chi connectivity index (χ0n) is 16.1. The Hall–Kier alpha value is -1.22. The van der Waals surface area contributed by atoms with E-state index in [1.807, 2.05) is 11.8 Å². The number of nitrogens with one attached hydrogen (secondary N) is 1. The Morgan fingerprint density at radius 2 is 1.89 bits per heavy atom. The molecule has 154 valence electrons. The number of hydrogen-bond donors (Lipinski definition) is 2. The average molecular weight is 384 g/mol. The largest absolute Gasteiger partial charge is 0.389 e. The van der Waals surface area contributed by atoms with Gasteiger partial charge in [0.1, 0.15) is 6.10 Å². The second kappa shape index (κ2) is 9.82. The van der Waals surface area contributed by atoms with Crippen LogP contribution >= 0.6 is 0 Å². The molecule has 3 fully saturated rings. The Balaban J connectivity index is 1.67. The third-order valence-corrected chi connectivity index (χ3v) is 5.62. The van der Waals surface area contributed by atoms with E-state index in [2.05, 4.69) is 5.32 Å². The van der Waals surface area contributed by atoms with Gasteiger partial charge >= 0.3 is 0 Å². The summed E-state index contributed by atoms with van der Waals surface area (Å²) in [5.41, 5.74) is 0. The van der Waals surface area contributed by atoms with Gasteiger partial charge in [-0.2, -0.15) is 0 Å². The number of nitrogens with zero attached hydrogens (tertiary/aromatic N) is 1. The summed E-state index contributed by atoms with van der Waals surface area (Å²) < 4.78 is 17.1. The van der Waals surface area contributed by atoms with Gasteiger partial charge in [-0.3, -0.25) is 9.59 Å². The fourth-order valence-corrected chi connectivity index (χ4v) is 4.25. The molecule has 3 rings (SSSR count). The number of aliphatic hydroxyl groups excluding tert-OH is 1. The molecule has 3 saturated heterocycles. The summed E-state index contributed by atoms with van der Waals surface area (Å²) in [6.45, 7) is 4.48. The van der Waals surface area contributed by atoms with E-state index in [1.54, 1.807) is 0 Å². The Labute approximate surface area is 160 Å². The van der Waals surface area contributed by atoms with Crippen molar-refractivity contribution in [2.45, 2.75) is 63.4 Å². The SMILES string of the molecule is CCNC(=O)C[C@@H]1CC[C@H]2[C@@H](COC[C@@H](O)CN2C(=O)C2CCOCC2)O1. The summed E-state index contributed by atoms with van der Waals surface area (Å²) in [5.74, 6) is 0.0123. The van der Waals surface area contributed by atoms with Crippen LogP contribution in [0, 0.1) is 5.92 Å². The molecule has 8 heteroatoms. The predicted molar refractivity (Wildman–Crippen MR) is 97.1 cm³/mol. The summed E-state index contributed by atoms with van der Waals surface area (Å²) >= 11 is 0. The molecule has 3 aliphatic rings. The number of hydrogen-bond acceptors (Lipinski definition) is 6. The Bertz CT molecular complexity index is 510. The van der Waals surface area contributed by atoms with Crippen LogP contribution in [-0.4, -0.2) is 85.7 Å². The van der Waals surface area contributed by atoms with E-state index in [0.717, 1.165) is 19.3 Å². The van der Waals surface area contributed by atoms with Crippen LogP contribution in [0.5, 0.6) is 0 Å². The molecule has 4 atom stereocenters. The molecule has 27 heavy (non-hydrogen) atoms. The highest BCUT2D eigenvalue weighted by Crippen LogP contribution is 2.30. The average Bonchev–Trinajstić information content (AvgIpc) is 2.65. The van der Waals surface area contributed by atoms with Crippen molar-refractivity contribution in [1.29, 1.82) is 0 Å². The van der Waals surface area contributed by atoms with Crippen LogP contribution in [0.25, 0.3) is 0 Å². The second-order valence-electron chi connectivity index (χ2n) is 7.67. The van der Waals surface area contributed by atoms with Gasteiger partial charge in [0.05, 0.1) is 37.9 Å². The lowest BCUT2D eigenvalue weighted by Gasteiger charge is -2.45. The van der Waals surface area contributed by atoms with Gasteiger partial charge in [-0.15, -0.1) is 0 Å². The van der Waals surface area contributed by atoms with Gasteiger partial charge in [0.2, 0.25) is 11.8 Å². The van der Waals surface area contributed by atoms with Crippen LogP contribution in [-0.2, 0) is 23.8 Å². The molecule has 0 bridgehead atoms. The molecule has 0 aliphatic carbocycles. The van der Waals surface area contributed by atoms with E-state index in [-0.39, 0.29) is 49.1 Å². The topological polar surface area (TPSA) is 97.3 Å². The lowest BCUT2D eigenvalue weighted by atomic mass is 9.91. The van der Waals surface area contributed by atoms with Gasteiger partial charge in [-0.25, -0.2) is 0 Å². The third-order valence-electron chi connectivity index (χ3n) is 5.62. The second-order valence-corrected chi connectivity index (χ2v) is 7.67. The zero-order valence-corrected chi connectivity index (χ0v) is 16.1. The number of β-amino-alcohol motifs (C(OH)–C–C–N with tert-alkyl or cyclic N) is 1. The van der Waals surface area contributed by atoms with Crippen molar-refractivity contribution in [3.05, 3.63) is 0 Å². The molecular formula is C19H32N2O6. The van der Waals surface area contributed by atoms with Crippen molar-refractivity contribution in [1.82, 2.24) is 10.2 Å². The molecule has 0 aromatic heterocycles. The fraction of sp³-hybridized carbons (Fsp3) is 0.895. The molecule has 3 aliphatic heterocycles. The Morgan fingerprint density at radius 3 is 2.63 bits per heavy atom. The quantitative estimate of drug-likeness (QED) is 0.712. The van der Waals surface area contributed by atoms with E-state index in [9.17, 15) is 14.7 Å². The maximum Gasteiger partial charge on any atom is 0.226 e. The summed E-state index contributed by atoms with van der Waals surface area (Å²) in [7, 11) is 0. The number of aliphatic hydroxyl groups is 1. The van der Waals surface area contributed by atoms with Crippen molar-refractivity contribution in [3.8, 4) is 0 Å². The van der Waals surface area contributed by atoms with Crippen LogP contribution in [0.15, 0.2) is 0 Å². The molecule has 3 heterocycles. The van der Waals surface area contributed by atoms with Crippen LogP contribution in [0.3, 0.4) is 0 Å². The normalized spacial score (nSPS) is 32.9. The van der Waals surface area contributed by atoms with Crippen molar-refractivity contribution >= 4 is 11.8 Å². The maximum absolute atomic E-state index is 13.2. The van der Waals surface area contributed by atoms with Gasteiger partial charge in [0.15, 0.2) is 0 Å². The minimum Gasteiger partial charge on any atom is -0.389 e. The van der Waals surface area contributed by atoms with Crippen molar-refractivity contribution < 1.29 is 28.9 Å². The molecule has 0 saturated carbocycles. The number of carbonyl (C=O) groups excluding carboxylic acids is 2. The molecule has 0 unspecified atom stereocenters. The molecule has 2 amide bonds. The maximum atomic E-state index is 13.2. The van der Waals surface area contributed by atoms with Crippen LogP contribution in [0.1, 0.15) is 39.0 Å². The smallest absolute Gasteiger partial charge is 0.226 e. The summed E-state index contributed by atoms with van der Waals surface area (Å²) in [5, 5.41) is 13.0. The van der Waals surface area contributed by atoms with Crippen LogP contribution in [0.2, 0.25) is 0 Å². The van der Waals surface area contributed by atoms with Crippen molar-refractivity contribution in [2.75, 3.05) is 39.5 Å². The van der Waals surface area contributed by atoms with E-state index in [0.29, 0.717) is 39.2 Å². The summed E-state index contributed by atoms with van der Waals surface area (Å²) in [4.78, 5) is 26.9. The first kappa shape index (κ1) is 20.5. The first-order chi connectivity index (χ1) is 13.1. The lowest BCUT2D eigenvalue weighted by molar-refractivity contribution is -0.173. The molecule has 8 nitrogen and oxygen atoms in total. The fourth-order valence-electron chi connectivity index (χ4n) is 4.25. The van der Waals surface area contributed by atoms with Crippen molar-refractivity contribution in [2.24, 2.45) is 5.92 Å². The first-order valence-corrected chi connectivity index (χ1v) is 10.1. The van der Waals surface area contributed by atoms with Crippen molar-refractivity contribution in [3.63, 3.8) is 0 Å². The van der Waals surface area contributed by atoms with Gasteiger partial charge in [-0.05, 0) is 32.6 Å². The van der Waals surface area contributed by atoms with Crippen LogP contribution in [0.4, 0.5) is 0 Å². The monoisotopic (exact) mass is 384 g/mol. The van der Waals surface area contributed by atoms with Crippen LogP contribution < -0.4 is 5.32 Å². The Kier molecular flexibility index (Phi) is 7.46. The number of carbonyl (C=O) groups is 2. The minimum absolute atomic E-state index is 0.0155. The van der Waals surface area contributed by atoms with Gasteiger partial charge < -0.3 is 29.5 Å². The number of rotatable bonds is 4. The molecule has 0 aromatic rings. The molecule has 0 spiro atoms. The number of amides is 2. The standard InChI is InChI=1S/C19H32N2O6/c1-2-20-18(23)9-15-3-4-16-17(27-15)12-26-11-14(22)10-21(16)19(24)13-5-7-25-8-6-13/h13-17,22H,2-12H2,1H3,(H,20,23)/t14-,15-,16-,17+/m0/s1. The predicted octanol–water partition coefficient (Wildman–Crippen LogP) is 0.0751. The number of fused-ring (bicyclic) bond motifs is 1. The van der Waals surface area contributed by atoms with E-state index in [4.69, 9.17) is 14.2 Å². The molecule has 0 radical (unpaired) electrons. The summed E-state index contributed by atoms with van der Waals surface area (Å²) in [6, 6.07) is -0.124. The Morgan fingerprint density at radius 1 is 1.11 bits per heavy atom. The summed E-state index contributed by atoms with van der Waals surface area (Å²) in [6.07, 6.45) is 2.11. The van der Waals surface area contributed by atoms with E-state index < -0.39 is 6.10 Å². The lowest BCUT2D eigenvalue weighted by Crippen LogP contribution is -2.58. The van der Waals surface area contributed by atoms with E-state index >= 15 is 0 Å². The highest BCUT2D eigenvalue weighted by atomic mass is 16.5. The first-order valence-electron chi connectivity index (χ1n) is 10.1. The highest BCUT2D eigenvalue weighted by molar-refractivity contribution is 5.79. The molecular weight excluding hydrogens is 352 g/mol. The van der Waals surface area contributed by atoms with E-state index in [1.165, 1.54) is 0 Å². The van der Waals surface area contributed by atoms with Gasteiger partial charge in [0.25, 0.3) is 0 Å². The molecule has 0 aromatic carbocycles. The van der Waals surface area contributed by atoms with Gasteiger partial charge in [-0.1, -0.05) is 0 Å². The minimum atomic E-state index is -0.692. The zero-order chi connectivity index (χ0) is 19.2. The highest BCUT2D eigenvalue weighted by Gasteiger charge is 2.41. The number of ether oxygens (including phenoxy) is 3. The molecule has 2 N–H and O–H groups in total. The van der Waals surface area contributed by atoms with Gasteiger partial charge in [0, 0.05) is 32.2 Å².